The first kappa shape index (κ1) is 19.0. The fraction of sp³-hybridized carbons (Fsp3) is 0.294. The predicted octanol–water partition coefficient (Wildman–Crippen LogP) is 3.59. The molecule has 1 saturated heterocycles. The number of pyridine rings is 1. The number of hydrogen-bond acceptors (Lipinski definition) is 6. The molecule has 1 aromatic heterocycles. The van der Waals surface area contributed by atoms with Crippen molar-refractivity contribution in [2.75, 3.05) is 18.5 Å². The van der Waals surface area contributed by atoms with Crippen LogP contribution >= 0.6 is 11.6 Å². The van der Waals surface area contributed by atoms with Crippen LogP contribution in [0.3, 0.4) is 0 Å². The van der Waals surface area contributed by atoms with E-state index in [1.54, 1.807) is 0 Å². The summed E-state index contributed by atoms with van der Waals surface area (Å²) in [6, 6.07) is 4.45. The second kappa shape index (κ2) is 8.28. The summed E-state index contributed by atoms with van der Waals surface area (Å²) in [7, 11) is 0. The molecule has 0 bridgehead atoms. The van der Waals surface area contributed by atoms with Crippen LogP contribution in [0, 0.1) is 15.9 Å². The van der Waals surface area contributed by atoms with Gasteiger partial charge in [-0.05, 0) is 18.2 Å². The number of ether oxygens (including phenoxy) is 2. The van der Waals surface area contributed by atoms with Crippen LogP contribution < -0.4 is 10.1 Å². The number of benzene rings is 1. The third-order valence-electron chi connectivity index (χ3n) is 3.92. The summed E-state index contributed by atoms with van der Waals surface area (Å²) in [5.74, 6) is -1.36. The quantitative estimate of drug-likeness (QED) is 0.612. The van der Waals surface area contributed by atoms with Crippen molar-refractivity contribution >= 4 is 28.9 Å². The van der Waals surface area contributed by atoms with Gasteiger partial charge >= 0.3 is 5.69 Å². The Hall–Kier alpha value is -2.78. The maximum Gasteiger partial charge on any atom is 0.306 e. The molecule has 8 nitrogen and oxygen atoms in total. The van der Waals surface area contributed by atoms with Crippen LogP contribution in [0.1, 0.15) is 23.2 Å². The second-order valence-electron chi connectivity index (χ2n) is 5.82. The van der Waals surface area contributed by atoms with Gasteiger partial charge in [0.05, 0.1) is 23.7 Å². The van der Waals surface area contributed by atoms with Gasteiger partial charge in [0.15, 0.2) is 0 Å². The molecule has 0 spiro atoms. The maximum atomic E-state index is 13.4. The molecule has 1 N–H and O–H groups in total. The number of hydrogen-bond donors (Lipinski definition) is 1. The molecule has 27 heavy (non-hydrogen) atoms. The first-order chi connectivity index (χ1) is 12.9. The van der Waals surface area contributed by atoms with Crippen LogP contribution in [0.4, 0.5) is 15.8 Å². The number of nitro groups is 1. The predicted molar refractivity (Wildman–Crippen MR) is 94.7 cm³/mol. The van der Waals surface area contributed by atoms with Crippen LogP contribution in [-0.4, -0.2) is 35.1 Å². The van der Waals surface area contributed by atoms with Crippen molar-refractivity contribution in [1.82, 2.24) is 4.98 Å². The first-order valence-corrected chi connectivity index (χ1v) is 8.47. The smallest absolute Gasteiger partial charge is 0.306 e. The van der Waals surface area contributed by atoms with Crippen LogP contribution in [0.25, 0.3) is 0 Å². The number of carbonyl (C=O) groups is 1. The van der Waals surface area contributed by atoms with Gasteiger partial charge in [0, 0.05) is 30.8 Å². The fourth-order valence-electron chi connectivity index (χ4n) is 2.52. The number of amides is 1. The molecule has 0 saturated carbocycles. The van der Waals surface area contributed by atoms with Crippen molar-refractivity contribution in [1.29, 1.82) is 0 Å². The second-order valence-corrected chi connectivity index (χ2v) is 6.23. The van der Waals surface area contributed by atoms with E-state index < -0.39 is 22.3 Å². The van der Waals surface area contributed by atoms with Gasteiger partial charge in [-0.2, -0.15) is 4.39 Å². The van der Waals surface area contributed by atoms with Gasteiger partial charge in [0.25, 0.3) is 5.91 Å². The normalized spacial score (nSPS) is 14.6. The minimum Gasteiger partial charge on any atom is -0.473 e. The van der Waals surface area contributed by atoms with E-state index in [-0.39, 0.29) is 28.3 Å². The number of aromatic nitrogens is 1. The average Bonchev–Trinajstić information content (AvgIpc) is 2.65. The number of halogens is 2. The summed E-state index contributed by atoms with van der Waals surface area (Å²) in [5.41, 5.74) is -0.526. The van der Waals surface area contributed by atoms with Crippen LogP contribution in [0.2, 0.25) is 5.02 Å². The van der Waals surface area contributed by atoms with Gasteiger partial charge in [0.2, 0.25) is 11.7 Å². The highest BCUT2D eigenvalue weighted by atomic mass is 35.5. The van der Waals surface area contributed by atoms with Crippen molar-refractivity contribution in [3.63, 3.8) is 0 Å². The Balaban J connectivity index is 1.71. The zero-order valence-corrected chi connectivity index (χ0v) is 14.7. The summed E-state index contributed by atoms with van der Waals surface area (Å²) in [4.78, 5) is 26.3. The Kier molecular flexibility index (Phi) is 5.82. The standard InChI is InChI=1S/C17H15ClFN3O5/c18-13-7-10(9-20-17(13)27-12-3-5-26-6-4-12)16(23)21-11-1-2-14(19)15(8-11)22(24)25/h1-2,7-9,12H,3-6H2,(H,21,23). The molecule has 0 unspecified atom stereocenters. The van der Waals surface area contributed by atoms with Crippen molar-refractivity contribution in [2.24, 2.45) is 0 Å². The first-order valence-electron chi connectivity index (χ1n) is 8.09. The number of nitro benzene ring substituents is 1. The van der Waals surface area contributed by atoms with Crippen LogP contribution in [-0.2, 0) is 4.74 Å². The molecular weight excluding hydrogens is 381 g/mol. The van der Waals surface area contributed by atoms with E-state index in [1.807, 2.05) is 0 Å². The molecule has 2 heterocycles. The molecular formula is C17H15ClFN3O5. The van der Waals surface area contributed by atoms with Gasteiger partial charge in [-0.3, -0.25) is 14.9 Å². The number of anilines is 1. The van der Waals surface area contributed by atoms with E-state index in [2.05, 4.69) is 10.3 Å². The van der Waals surface area contributed by atoms with Crippen LogP contribution in [0.15, 0.2) is 30.5 Å². The van der Waals surface area contributed by atoms with Gasteiger partial charge in [-0.1, -0.05) is 11.6 Å². The number of nitrogens with one attached hydrogen (secondary N) is 1. The summed E-state index contributed by atoms with van der Waals surface area (Å²) >= 11 is 6.15. The maximum absolute atomic E-state index is 13.4. The molecule has 3 rings (SSSR count). The molecule has 1 fully saturated rings. The Morgan fingerprint density at radius 2 is 2.11 bits per heavy atom. The monoisotopic (exact) mass is 395 g/mol. The van der Waals surface area contributed by atoms with Crippen molar-refractivity contribution in [3.8, 4) is 5.88 Å². The number of nitrogens with zero attached hydrogens (tertiary/aromatic N) is 2. The zero-order chi connectivity index (χ0) is 19.4. The highest BCUT2D eigenvalue weighted by Crippen LogP contribution is 2.26. The lowest BCUT2D eigenvalue weighted by atomic mass is 10.1. The lowest BCUT2D eigenvalue weighted by Gasteiger charge is -2.23. The Bertz CT molecular complexity index is 874. The summed E-state index contributed by atoms with van der Waals surface area (Å²) in [6.45, 7) is 1.21. The third-order valence-corrected chi connectivity index (χ3v) is 4.19. The summed E-state index contributed by atoms with van der Waals surface area (Å²) < 4.78 is 24.3. The lowest BCUT2D eigenvalue weighted by Crippen LogP contribution is -2.26. The van der Waals surface area contributed by atoms with E-state index in [4.69, 9.17) is 21.1 Å². The largest absolute Gasteiger partial charge is 0.473 e. The molecule has 142 valence electrons. The molecule has 1 aliphatic heterocycles. The van der Waals surface area contributed by atoms with Gasteiger partial charge < -0.3 is 14.8 Å². The average molecular weight is 396 g/mol. The van der Waals surface area contributed by atoms with E-state index in [9.17, 15) is 19.3 Å². The fourth-order valence-corrected chi connectivity index (χ4v) is 2.73. The van der Waals surface area contributed by atoms with Crippen molar-refractivity contribution in [3.05, 3.63) is 57.0 Å². The highest BCUT2D eigenvalue weighted by Gasteiger charge is 2.19. The summed E-state index contributed by atoms with van der Waals surface area (Å²) in [5, 5.41) is 13.4. The van der Waals surface area contributed by atoms with E-state index >= 15 is 0 Å². The van der Waals surface area contributed by atoms with Crippen molar-refractivity contribution in [2.45, 2.75) is 18.9 Å². The van der Waals surface area contributed by atoms with Crippen molar-refractivity contribution < 1.29 is 23.6 Å². The molecule has 2 aromatic rings. The molecule has 1 aliphatic rings. The van der Waals surface area contributed by atoms with Gasteiger partial charge in [-0.25, -0.2) is 4.98 Å². The molecule has 10 heteroatoms. The molecule has 0 radical (unpaired) electrons. The molecule has 0 atom stereocenters. The highest BCUT2D eigenvalue weighted by molar-refractivity contribution is 6.32. The van der Waals surface area contributed by atoms with Gasteiger partial charge in [-0.15, -0.1) is 0 Å². The number of rotatable bonds is 5. The summed E-state index contributed by atoms with van der Waals surface area (Å²) in [6.07, 6.45) is 2.68. The zero-order valence-electron chi connectivity index (χ0n) is 14.0. The minimum atomic E-state index is -0.989. The van der Waals surface area contributed by atoms with E-state index in [1.165, 1.54) is 18.3 Å². The lowest BCUT2D eigenvalue weighted by molar-refractivity contribution is -0.387. The minimum absolute atomic E-state index is 0.0526. The SMILES string of the molecule is O=C(Nc1ccc(F)c([N+](=O)[O-])c1)c1cnc(OC2CCOCC2)c(Cl)c1. The number of carbonyl (C=O) groups excluding carboxylic acids is 1. The Morgan fingerprint density at radius 3 is 2.78 bits per heavy atom. The topological polar surface area (TPSA) is 104 Å². The Morgan fingerprint density at radius 1 is 1.37 bits per heavy atom. The van der Waals surface area contributed by atoms with E-state index in [0.717, 1.165) is 25.0 Å². The Labute approximate surface area is 158 Å². The van der Waals surface area contributed by atoms with E-state index in [0.29, 0.717) is 13.2 Å². The molecule has 1 amide bonds. The van der Waals surface area contributed by atoms with Gasteiger partial charge in [0.1, 0.15) is 11.1 Å². The molecule has 1 aromatic carbocycles. The van der Waals surface area contributed by atoms with Crippen LogP contribution in [0.5, 0.6) is 5.88 Å². The third kappa shape index (κ3) is 4.69. The molecule has 0 aliphatic carbocycles.